The summed E-state index contributed by atoms with van der Waals surface area (Å²) >= 11 is 1.83. The summed E-state index contributed by atoms with van der Waals surface area (Å²) in [6.45, 7) is 10.5. The van der Waals surface area contributed by atoms with Crippen LogP contribution in [0.1, 0.15) is 34.5 Å². The van der Waals surface area contributed by atoms with E-state index < -0.39 is 0 Å². The highest BCUT2D eigenvalue weighted by atomic mass is 32.1. The molecule has 0 radical (unpaired) electrons. The zero-order valence-electron chi connectivity index (χ0n) is 20.8. The summed E-state index contributed by atoms with van der Waals surface area (Å²) in [5.74, 6) is 2.38. The van der Waals surface area contributed by atoms with Crippen LogP contribution in [0, 0.1) is 19.8 Å². The van der Waals surface area contributed by atoms with Crippen molar-refractivity contribution in [2.75, 3.05) is 39.9 Å². The van der Waals surface area contributed by atoms with E-state index in [2.05, 4.69) is 66.3 Å². The van der Waals surface area contributed by atoms with Gasteiger partial charge >= 0.3 is 0 Å². The number of piperidine rings is 1. The van der Waals surface area contributed by atoms with Gasteiger partial charge in [0.25, 0.3) is 0 Å². The van der Waals surface area contributed by atoms with Crippen molar-refractivity contribution < 1.29 is 9.47 Å². The van der Waals surface area contributed by atoms with E-state index in [0.717, 1.165) is 50.0 Å². The molecule has 2 aliphatic heterocycles. The number of fused-ring (bicyclic) bond motifs is 1. The molecule has 0 saturated carbocycles. The average Bonchev–Trinajstić information content (AvgIpc) is 3.30. The first kappa shape index (κ1) is 23.4. The van der Waals surface area contributed by atoms with Crippen molar-refractivity contribution in [1.29, 1.82) is 0 Å². The van der Waals surface area contributed by atoms with Crippen LogP contribution in [0.25, 0.3) is 10.4 Å². The van der Waals surface area contributed by atoms with Crippen molar-refractivity contribution in [3.05, 3.63) is 52.2 Å². The lowest BCUT2D eigenvalue weighted by atomic mass is 9.99. The molecule has 182 valence electrons. The quantitative estimate of drug-likeness (QED) is 0.503. The molecular weight excluding hydrogens is 444 g/mol. The molecule has 0 bridgehead atoms. The molecule has 0 spiro atoms. The van der Waals surface area contributed by atoms with Gasteiger partial charge in [-0.3, -0.25) is 9.58 Å². The number of rotatable bonds is 6. The average molecular weight is 481 g/mol. The number of aryl methyl sites for hydroxylation is 3. The molecule has 3 aromatic rings. The van der Waals surface area contributed by atoms with Crippen LogP contribution in [-0.4, -0.2) is 59.5 Å². The Labute approximate surface area is 207 Å². The second kappa shape index (κ2) is 10.1. The lowest BCUT2D eigenvalue weighted by molar-refractivity contribution is 0.146. The molecule has 1 atom stereocenters. The highest BCUT2D eigenvalue weighted by Crippen LogP contribution is 2.40. The Kier molecular flexibility index (Phi) is 6.95. The van der Waals surface area contributed by atoms with Gasteiger partial charge in [-0.15, -0.1) is 11.3 Å². The smallest absolute Gasteiger partial charge is 0.165 e. The maximum atomic E-state index is 6.51. The molecule has 7 heteroatoms. The summed E-state index contributed by atoms with van der Waals surface area (Å²) in [7, 11) is 4.19. The third kappa shape index (κ3) is 5.32. The van der Waals surface area contributed by atoms with Crippen molar-refractivity contribution in [2.45, 2.75) is 39.8 Å². The van der Waals surface area contributed by atoms with Gasteiger partial charge in [0.1, 0.15) is 6.61 Å². The van der Waals surface area contributed by atoms with Gasteiger partial charge in [0.2, 0.25) is 0 Å². The van der Waals surface area contributed by atoms with Crippen LogP contribution in [0.5, 0.6) is 11.5 Å². The van der Waals surface area contributed by atoms with Crippen LogP contribution in [0.2, 0.25) is 0 Å². The van der Waals surface area contributed by atoms with Gasteiger partial charge in [-0.05, 0) is 70.1 Å². The topological polar surface area (TPSA) is 42.8 Å². The molecule has 1 aromatic carbocycles. The molecule has 5 rings (SSSR count). The summed E-state index contributed by atoms with van der Waals surface area (Å²) in [5.41, 5.74) is 4.79. The number of hydrogen-bond donors (Lipinski definition) is 0. The van der Waals surface area contributed by atoms with E-state index in [4.69, 9.17) is 9.47 Å². The van der Waals surface area contributed by atoms with Crippen LogP contribution < -0.4 is 9.47 Å². The summed E-state index contributed by atoms with van der Waals surface area (Å²) in [4.78, 5) is 7.47. The van der Waals surface area contributed by atoms with E-state index in [9.17, 15) is 0 Å². The maximum absolute atomic E-state index is 6.51. The number of nitrogens with zero attached hydrogens (tertiary/aromatic N) is 4. The van der Waals surface area contributed by atoms with Crippen molar-refractivity contribution in [3.63, 3.8) is 0 Å². The lowest BCUT2D eigenvalue weighted by Gasteiger charge is -2.29. The molecule has 4 heterocycles. The van der Waals surface area contributed by atoms with Crippen molar-refractivity contribution >= 4 is 11.3 Å². The second-order valence-corrected chi connectivity index (χ2v) is 11.2. The minimum atomic E-state index is 0.567. The van der Waals surface area contributed by atoms with Crippen LogP contribution in [0.4, 0.5) is 0 Å². The zero-order chi connectivity index (χ0) is 23.7. The molecule has 2 aliphatic rings. The van der Waals surface area contributed by atoms with Crippen molar-refractivity contribution in [2.24, 2.45) is 13.0 Å². The van der Waals surface area contributed by atoms with Gasteiger partial charge in [0.05, 0.1) is 12.3 Å². The molecule has 2 aromatic heterocycles. The Morgan fingerprint density at radius 2 is 2.06 bits per heavy atom. The number of hydrogen-bond acceptors (Lipinski definition) is 6. The Morgan fingerprint density at radius 3 is 2.79 bits per heavy atom. The van der Waals surface area contributed by atoms with E-state index in [1.54, 1.807) is 0 Å². The first-order valence-electron chi connectivity index (χ1n) is 12.3. The molecule has 34 heavy (non-hydrogen) atoms. The predicted octanol–water partition coefficient (Wildman–Crippen LogP) is 4.88. The Bertz CT molecular complexity index is 1140. The minimum Gasteiger partial charge on any atom is -0.489 e. The van der Waals surface area contributed by atoms with E-state index in [-0.39, 0.29) is 0 Å². The van der Waals surface area contributed by atoms with Gasteiger partial charge in [0, 0.05) is 66.2 Å². The normalized spacial score (nSPS) is 19.5. The third-order valence-electron chi connectivity index (χ3n) is 6.91. The fraction of sp³-hybridized carbons (Fsp3) is 0.519. The van der Waals surface area contributed by atoms with E-state index in [1.807, 2.05) is 23.1 Å². The molecule has 0 unspecified atom stereocenters. The SMILES string of the molecule is Cc1ccc(-c2cc3c(c(OC[C@H]4CCCN(C)C4)c2)OCCN(Cc2cn(C)nc2C)C3)s1. The van der Waals surface area contributed by atoms with Gasteiger partial charge in [0.15, 0.2) is 11.5 Å². The standard InChI is InChI=1S/C27H36N4O2S/c1-19-7-8-26(34-19)22-12-23-16-31(17-24-15-30(4)28-20(24)2)10-11-32-27(23)25(13-22)33-18-21-6-5-9-29(3)14-21/h7-8,12-13,15,21H,5-6,9-11,14,16-18H2,1-4H3/t21-/m0/s1. The van der Waals surface area contributed by atoms with Crippen molar-refractivity contribution in [1.82, 2.24) is 19.6 Å². The van der Waals surface area contributed by atoms with Gasteiger partial charge < -0.3 is 14.4 Å². The van der Waals surface area contributed by atoms with Crippen LogP contribution in [0.3, 0.4) is 0 Å². The predicted molar refractivity (Wildman–Crippen MR) is 138 cm³/mol. The zero-order valence-corrected chi connectivity index (χ0v) is 21.7. The lowest BCUT2D eigenvalue weighted by Crippen LogP contribution is -2.34. The van der Waals surface area contributed by atoms with Gasteiger partial charge in [-0.2, -0.15) is 5.10 Å². The molecule has 6 nitrogen and oxygen atoms in total. The van der Waals surface area contributed by atoms with Crippen molar-refractivity contribution in [3.8, 4) is 21.9 Å². The second-order valence-electron chi connectivity index (χ2n) is 9.93. The number of ether oxygens (including phenoxy) is 2. The summed E-state index contributed by atoms with van der Waals surface area (Å²) in [6, 6.07) is 8.90. The number of aromatic nitrogens is 2. The fourth-order valence-electron chi connectivity index (χ4n) is 5.17. The highest BCUT2D eigenvalue weighted by molar-refractivity contribution is 7.15. The third-order valence-corrected chi connectivity index (χ3v) is 7.96. The molecule has 0 N–H and O–H groups in total. The fourth-order valence-corrected chi connectivity index (χ4v) is 6.03. The van der Waals surface area contributed by atoms with Gasteiger partial charge in [-0.25, -0.2) is 0 Å². The minimum absolute atomic E-state index is 0.567. The van der Waals surface area contributed by atoms with E-state index >= 15 is 0 Å². The van der Waals surface area contributed by atoms with Crippen LogP contribution in [-0.2, 0) is 20.1 Å². The maximum Gasteiger partial charge on any atom is 0.165 e. The molecule has 1 saturated heterocycles. The van der Waals surface area contributed by atoms with Crippen LogP contribution >= 0.6 is 11.3 Å². The van der Waals surface area contributed by atoms with E-state index in [1.165, 1.54) is 45.8 Å². The summed E-state index contributed by atoms with van der Waals surface area (Å²) in [6.07, 6.45) is 4.61. The molecule has 0 aliphatic carbocycles. The van der Waals surface area contributed by atoms with Gasteiger partial charge in [-0.1, -0.05) is 0 Å². The summed E-state index contributed by atoms with van der Waals surface area (Å²) < 4.78 is 14.8. The summed E-state index contributed by atoms with van der Waals surface area (Å²) in [5, 5.41) is 4.53. The first-order chi connectivity index (χ1) is 16.4. The number of likely N-dealkylation sites (tertiary alicyclic amines) is 1. The number of benzene rings is 1. The monoisotopic (exact) mass is 480 g/mol. The molecule has 0 amide bonds. The van der Waals surface area contributed by atoms with Crippen LogP contribution in [0.15, 0.2) is 30.5 Å². The Morgan fingerprint density at radius 1 is 1.18 bits per heavy atom. The Hall–Kier alpha value is -2.35. The number of thiophene rings is 1. The largest absolute Gasteiger partial charge is 0.489 e. The first-order valence-corrected chi connectivity index (χ1v) is 13.2. The molecule has 1 fully saturated rings. The van der Waals surface area contributed by atoms with E-state index in [0.29, 0.717) is 12.5 Å². The molecular formula is C27H36N4O2S. The Balaban J connectivity index is 1.42. The highest BCUT2D eigenvalue weighted by Gasteiger charge is 2.24.